The number of hydrogen-bond donors (Lipinski definition) is 1. The van der Waals surface area contributed by atoms with Crippen LogP contribution >= 0.6 is 0 Å². The predicted octanol–water partition coefficient (Wildman–Crippen LogP) is 1.96. The summed E-state index contributed by atoms with van der Waals surface area (Å²) < 4.78 is 6.15. The molecule has 0 aliphatic carbocycles. The van der Waals surface area contributed by atoms with Crippen molar-refractivity contribution in [3.05, 3.63) is 34.8 Å². The summed E-state index contributed by atoms with van der Waals surface area (Å²) in [6, 6.07) is 6.55. The van der Waals surface area contributed by atoms with Crippen molar-refractivity contribution in [1.29, 1.82) is 0 Å². The highest BCUT2D eigenvalue weighted by atomic mass is 16.5. The van der Waals surface area contributed by atoms with Gasteiger partial charge in [0, 0.05) is 11.1 Å². The predicted molar refractivity (Wildman–Crippen MR) is 62.9 cm³/mol. The van der Waals surface area contributed by atoms with Gasteiger partial charge in [0.1, 0.15) is 5.75 Å². The Hall–Kier alpha value is -2.04. The van der Waals surface area contributed by atoms with E-state index in [-0.39, 0.29) is 5.75 Å². The van der Waals surface area contributed by atoms with E-state index in [0.717, 1.165) is 0 Å². The number of phenols is 1. The summed E-state index contributed by atoms with van der Waals surface area (Å²) in [6.45, 7) is 5.66. The Morgan fingerprint density at radius 3 is 2.65 bits per heavy atom. The topological polar surface area (TPSA) is 68.3 Å². The molecule has 0 atom stereocenters. The van der Waals surface area contributed by atoms with Crippen LogP contribution in [0, 0.1) is 0 Å². The first-order chi connectivity index (χ1) is 7.89. The number of benzene rings is 1. The lowest BCUT2D eigenvalue weighted by Crippen LogP contribution is -2.31. The van der Waals surface area contributed by atoms with Crippen molar-refractivity contribution in [3.63, 3.8) is 0 Å². The van der Waals surface area contributed by atoms with Gasteiger partial charge in [0.05, 0.1) is 0 Å². The van der Waals surface area contributed by atoms with Crippen LogP contribution in [0.5, 0.6) is 5.75 Å². The Morgan fingerprint density at radius 1 is 1.35 bits per heavy atom. The summed E-state index contributed by atoms with van der Waals surface area (Å²) in [5.41, 5.74) is 0.212. The normalized spacial score (nSPS) is 11.7. The Kier molecular flexibility index (Phi) is 2.53. The van der Waals surface area contributed by atoms with Gasteiger partial charge in [-0.25, -0.2) is 4.79 Å². The second-order valence-electron chi connectivity index (χ2n) is 4.83. The van der Waals surface area contributed by atoms with Crippen molar-refractivity contribution in [2.24, 2.45) is 0 Å². The molecule has 1 aromatic carbocycles. The Morgan fingerprint density at radius 2 is 2.06 bits per heavy atom. The zero-order chi connectivity index (χ0) is 12.6. The van der Waals surface area contributed by atoms with E-state index in [4.69, 9.17) is 4.52 Å². The molecule has 0 amide bonds. The summed E-state index contributed by atoms with van der Waals surface area (Å²) in [7, 11) is 0. The highest BCUT2D eigenvalue weighted by Gasteiger charge is 2.23. The fraction of sp³-hybridized carbons (Fsp3) is 0.333. The molecular formula is C12H14N2O3. The molecule has 0 saturated carbocycles. The average Bonchev–Trinajstić information content (AvgIpc) is 2.59. The molecule has 17 heavy (non-hydrogen) atoms. The number of nitrogens with zero attached hydrogens (tertiary/aromatic N) is 2. The van der Waals surface area contributed by atoms with Gasteiger partial charge in [0.15, 0.2) is 5.82 Å². The zero-order valence-electron chi connectivity index (χ0n) is 9.97. The highest BCUT2D eigenvalue weighted by Crippen LogP contribution is 2.24. The van der Waals surface area contributed by atoms with Gasteiger partial charge in [-0.15, -0.1) is 0 Å². The number of hydrogen-bond acceptors (Lipinski definition) is 4. The van der Waals surface area contributed by atoms with Crippen molar-refractivity contribution in [2.75, 3.05) is 0 Å². The molecule has 2 rings (SSSR count). The molecule has 0 radical (unpaired) electrons. The molecule has 90 valence electrons. The summed E-state index contributed by atoms with van der Waals surface area (Å²) in [5, 5.41) is 13.2. The molecule has 2 aromatic rings. The third kappa shape index (κ3) is 2.08. The molecule has 1 heterocycles. The summed E-state index contributed by atoms with van der Waals surface area (Å²) in [4.78, 5) is 11.6. The first kappa shape index (κ1) is 11.4. The average molecular weight is 234 g/mol. The minimum Gasteiger partial charge on any atom is -0.508 e. The Labute approximate surface area is 98.3 Å². The first-order valence-corrected chi connectivity index (χ1v) is 5.28. The molecule has 0 spiro atoms. The highest BCUT2D eigenvalue weighted by molar-refractivity contribution is 5.57. The Balaban J connectivity index is 2.66. The van der Waals surface area contributed by atoms with Crippen LogP contribution in [0.25, 0.3) is 11.4 Å². The lowest BCUT2D eigenvalue weighted by atomic mass is 10.1. The maximum absolute atomic E-state index is 11.6. The fourth-order valence-corrected chi connectivity index (χ4v) is 1.67. The maximum atomic E-state index is 11.6. The molecule has 5 nitrogen and oxygen atoms in total. The van der Waals surface area contributed by atoms with Crippen molar-refractivity contribution < 1.29 is 9.63 Å². The fourth-order valence-electron chi connectivity index (χ4n) is 1.67. The second-order valence-corrected chi connectivity index (χ2v) is 4.83. The molecule has 1 aromatic heterocycles. The third-order valence-corrected chi connectivity index (χ3v) is 2.38. The lowest BCUT2D eigenvalue weighted by Gasteiger charge is -2.20. The van der Waals surface area contributed by atoms with Crippen molar-refractivity contribution in [3.8, 4) is 17.1 Å². The summed E-state index contributed by atoms with van der Waals surface area (Å²) in [6.07, 6.45) is 0. The van der Waals surface area contributed by atoms with Crippen molar-refractivity contribution >= 4 is 0 Å². The molecular weight excluding hydrogens is 220 g/mol. The number of aromatic nitrogens is 2. The third-order valence-electron chi connectivity index (χ3n) is 2.38. The Bertz CT molecular complexity index is 590. The van der Waals surface area contributed by atoms with E-state index in [9.17, 15) is 9.90 Å². The maximum Gasteiger partial charge on any atom is 0.442 e. The van der Waals surface area contributed by atoms with E-state index in [0.29, 0.717) is 11.4 Å². The van der Waals surface area contributed by atoms with Crippen LogP contribution in [0.4, 0.5) is 0 Å². The van der Waals surface area contributed by atoms with Crippen LogP contribution in [-0.2, 0) is 5.54 Å². The van der Waals surface area contributed by atoms with Gasteiger partial charge in [-0.1, -0.05) is 17.3 Å². The van der Waals surface area contributed by atoms with Gasteiger partial charge in [-0.2, -0.15) is 0 Å². The van der Waals surface area contributed by atoms with Crippen molar-refractivity contribution in [1.82, 2.24) is 9.72 Å². The van der Waals surface area contributed by atoms with Crippen LogP contribution in [0.3, 0.4) is 0 Å². The second kappa shape index (κ2) is 3.76. The summed E-state index contributed by atoms with van der Waals surface area (Å²) in [5.74, 6) is 0.0349. The molecule has 0 aliphatic heterocycles. The molecule has 0 fully saturated rings. The smallest absolute Gasteiger partial charge is 0.442 e. The standard InChI is InChI=1S/C12H14N2O3/c1-12(2,3)14-10(13-17-11(14)16)8-5-4-6-9(15)7-8/h4-7,15H,1-3H3. The monoisotopic (exact) mass is 234 g/mol. The lowest BCUT2D eigenvalue weighted by molar-refractivity contribution is 0.330. The molecule has 0 bridgehead atoms. The first-order valence-electron chi connectivity index (χ1n) is 5.28. The van der Waals surface area contributed by atoms with Gasteiger partial charge < -0.3 is 5.11 Å². The van der Waals surface area contributed by atoms with Crippen LogP contribution in [-0.4, -0.2) is 14.8 Å². The van der Waals surface area contributed by atoms with E-state index >= 15 is 0 Å². The quantitative estimate of drug-likeness (QED) is 0.819. The van der Waals surface area contributed by atoms with Gasteiger partial charge >= 0.3 is 5.76 Å². The SMILES string of the molecule is CC(C)(C)n1c(-c2cccc(O)c2)noc1=O. The minimum atomic E-state index is -0.504. The van der Waals surface area contributed by atoms with E-state index < -0.39 is 11.3 Å². The van der Waals surface area contributed by atoms with E-state index in [1.165, 1.54) is 4.57 Å². The number of aromatic hydroxyl groups is 1. The van der Waals surface area contributed by atoms with E-state index in [1.807, 2.05) is 20.8 Å². The van der Waals surface area contributed by atoms with Crippen LogP contribution in [0.15, 0.2) is 33.6 Å². The zero-order valence-corrected chi connectivity index (χ0v) is 9.97. The summed E-state index contributed by atoms with van der Waals surface area (Å²) >= 11 is 0. The van der Waals surface area contributed by atoms with Crippen LogP contribution in [0.2, 0.25) is 0 Å². The van der Waals surface area contributed by atoms with Gasteiger partial charge in [-0.05, 0) is 32.9 Å². The molecule has 0 saturated heterocycles. The number of phenolic OH excluding ortho intramolecular Hbond substituents is 1. The van der Waals surface area contributed by atoms with E-state index in [2.05, 4.69) is 5.16 Å². The molecule has 0 aliphatic rings. The largest absolute Gasteiger partial charge is 0.508 e. The molecule has 5 heteroatoms. The van der Waals surface area contributed by atoms with Crippen LogP contribution < -0.4 is 5.76 Å². The number of rotatable bonds is 1. The van der Waals surface area contributed by atoms with Gasteiger partial charge in [0.25, 0.3) is 0 Å². The van der Waals surface area contributed by atoms with Crippen LogP contribution in [0.1, 0.15) is 20.8 Å². The van der Waals surface area contributed by atoms with Gasteiger partial charge in [-0.3, -0.25) is 9.09 Å². The van der Waals surface area contributed by atoms with Gasteiger partial charge in [0.2, 0.25) is 0 Å². The molecule has 0 unspecified atom stereocenters. The van der Waals surface area contributed by atoms with Crippen molar-refractivity contribution in [2.45, 2.75) is 26.3 Å². The minimum absolute atomic E-state index is 0.124. The molecule has 1 N–H and O–H groups in total. The van der Waals surface area contributed by atoms with E-state index in [1.54, 1.807) is 24.3 Å².